The lowest BCUT2D eigenvalue weighted by Gasteiger charge is -2.15. The van der Waals surface area contributed by atoms with Gasteiger partial charge < -0.3 is 5.11 Å². The van der Waals surface area contributed by atoms with E-state index in [4.69, 9.17) is 0 Å². The highest BCUT2D eigenvalue weighted by Crippen LogP contribution is 2.28. The fourth-order valence-electron chi connectivity index (χ4n) is 1.69. The molecular weight excluding hydrogens is 171 g/mol. The normalized spacial score (nSPS) is 15.6. The lowest BCUT2D eigenvalue weighted by Crippen LogP contribution is -2.13. The molecule has 0 fully saturated rings. The Hall–Kier alpha value is -1.38. The van der Waals surface area contributed by atoms with Crippen LogP contribution in [-0.2, 0) is 17.6 Å². The maximum Gasteiger partial charge on any atom is 0.137 e. The number of Topliss-reactive ketones (excluding diaryl/α,β-unsaturated/α-hetero) is 1. The number of phenolic OH excluding ortho intramolecular Hbond substituents is 1. The van der Waals surface area contributed by atoms with Gasteiger partial charge in [-0.2, -0.15) is 0 Å². The van der Waals surface area contributed by atoms with Gasteiger partial charge in [-0.25, -0.2) is 4.39 Å². The van der Waals surface area contributed by atoms with E-state index in [0.717, 1.165) is 11.6 Å². The fourth-order valence-corrected chi connectivity index (χ4v) is 1.69. The first-order valence-electron chi connectivity index (χ1n) is 4.19. The summed E-state index contributed by atoms with van der Waals surface area (Å²) in [5.41, 5.74) is 1.36. The summed E-state index contributed by atoms with van der Waals surface area (Å²) in [7, 11) is 0. The highest BCUT2D eigenvalue weighted by Gasteiger charge is 2.19. The molecule has 0 spiro atoms. The van der Waals surface area contributed by atoms with Gasteiger partial charge in [-0.1, -0.05) is 0 Å². The Labute approximate surface area is 75.0 Å². The predicted molar refractivity (Wildman–Crippen MR) is 45.1 cm³/mol. The van der Waals surface area contributed by atoms with E-state index < -0.39 is 5.82 Å². The van der Waals surface area contributed by atoms with Gasteiger partial charge in [0.2, 0.25) is 0 Å². The largest absolute Gasteiger partial charge is 0.508 e. The third kappa shape index (κ3) is 1.41. The third-order valence-corrected chi connectivity index (χ3v) is 2.32. The summed E-state index contributed by atoms with van der Waals surface area (Å²) < 4.78 is 12.8. The molecule has 1 aliphatic carbocycles. The molecule has 0 atom stereocenters. The third-order valence-electron chi connectivity index (χ3n) is 2.32. The maximum absolute atomic E-state index is 12.8. The number of hydrogen-bond donors (Lipinski definition) is 1. The first kappa shape index (κ1) is 8.23. The van der Waals surface area contributed by atoms with Gasteiger partial charge in [0.05, 0.1) is 0 Å². The van der Waals surface area contributed by atoms with Crippen LogP contribution in [0.2, 0.25) is 0 Å². The van der Waals surface area contributed by atoms with Gasteiger partial charge in [-0.3, -0.25) is 4.79 Å². The summed E-state index contributed by atoms with van der Waals surface area (Å²) in [6, 6.07) is 2.42. The topological polar surface area (TPSA) is 37.3 Å². The van der Waals surface area contributed by atoms with Crippen LogP contribution in [0.4, 0.5) is 4.39 Å². The Morgan fingerprint density at radius 2 is 2.08 bits per heavy atom. The standard InChI is InChI=1S/C10H9FO2/c11-7-3-6-4-8(12)1-2-9(6)10(13)5-7/h3,5,13H,1-2,4H2. The first-order valence-corrected chi connectivity index (χ1v) is 4.19. The minimum atomic E-state index is -0.481. The Morgan fingerprint density at radius 1 is 1.31 bits per heavy atom. The van der Waals surface area contributed by atoms with Crippen LogP contribution in [0.15, 0.2) is 12.1 Å². The van der Waals surface area contributed by atoms with Gasteiger partial charge in [-0.15, -0.1) is 0 Å². The van der Waals surface area contributed by atoms with E-state index in [2.05, 4.69) is 0 Å². The lowest BCUT2D eigenvalue weighted by atomic mass is 9.90. The van der Waals surface area contributed by atoms with Crippen LogP contribution >= 0.6 is 0 Å². The molecule has 2 rings (SSSR count). The Kier molecular flexibility index (Phi) is 1.79. The fraction of sp³-hybridized carbons (Fsp3) is 0.300. The zero-order valence-electron chi connectivity index (χ0n) is 7.01. The van der Waals surface area contributed by atoms with Crippen LogP contribution in [0.5, 0.6) is 5.75 Å². The Balaban J connectivity index is 2.53. The van der Waals surface area contributed by atoms with Crippen molar-refractivity contribution in [3.8, 4) is 5.75 Å². The van der Waals surface area contributed by atoms with Crippen molar-refractivity contribution in [1.82, 2.24) is 0 Å². The molecule has 13 heavy (non-hydrogen) atoms. The number of carbonyl (C=O) groups excluding carboxylic acids is 1. The summed E-state index contributed by atoms with van der Waals surface area (Å²) in [6.45, 7) is 0. The molecule has 0 saturated heterocycles. The van der Waals surface area contributed by atoms with Crippen LogP contribution in [0, 0.1) is 5.82 Å². The van der Waals surface area contributed by atoms with Crippen molar-refractivity contribution >= 4 is 5.78 Å². The van der Waals surface area contributed by atoms with E-state index in [-0.39, 0.29) is 18.0 Å². The van der Waals surface area contributed by atoms with Crippen molar-refractivity contribution in [1.29, 1.82) is 0 Å². The van der Waals surface area contributed by atoms with E-state index in [1.165, 1.54) is 6.07 Å². The quantitative estimate of drug-likeness (QED) is 0.658. The van der Waals surface area contributed by atoms with Crippen molar-refractivity contribution in [3.63, 3.8) is 0 Å². The monoisotopic (exact) mass is 180 g/mol. The molecule has 0 bridgehead atoms. The lowest BCUT2D eigenvalue weighted by molar-refractivity contribution is -0.118. The van der Waals surface area contributed by atoms with Gasteiger partial charge in [0.1, 0.15) is 17.3 Å². The van der Waals surface area contributed by atoms with Crippen molar-refractivity contribution in [2.45, 2.75) is 19.3 Å². The summed E-state index contributed by atoms with van der Waals surface area (Å²) in [6.07, 6.45) is 1.23. The number of halogens is 1. The smallest absolute Gasteiger partial charge is 0.137 e. The number of rotatable bonds is 0. The van der Waals surface area contributed by atoms with Crippen molar-refractivity contribution in [2.24, 2.45) is 0 Å². The van der Waals surface area contributed by atoms with E-state index in [9.17, 15) is 14.3 Å². The molecule has 1 aromatic rings. The van der Waals surface area contributed by atoms with Crippen LogP contribution < -0.4 is 0 Å². The maximum atomic E-state index is 12.8. The SMILES string of the molecule is O=C1CCc2c(O)cc(F)cc2C1. The minimum absolute atomic E-state index is 0.0255. The first-order chi connectivity index (χ1) is 6.16. The van der Waals surface area contributed by atoms with Crippen LogP contribution in [0.25, 0.3) is 0 Å². The number of benzene rings is 1. The molecule has 3 heteroatoms. The van der Waals surface area contributed by atoms with E-state index in [0.29, 0.717) is 18.4 Å². The zero-order valence-corrected chi connectivity index (χ0v) is 7.01. The number of phenols is 1. The van der Waals surface area contributed by atoms with E-state index >= 15 is 0 Å². The molecule has 0 unspecified atom stereocenters. The molecular formula is C10H9FO2. The van der Waals surface area contributed by atoms with Crippen LogP contribution in [-0.4, -0.2) is 10.9 Å². The van der Waals surface area contributed by atoms with E-state index in [1.807, 2.05) is 0 Å². The molecule has 0 radical (unpaired) electrons. The number of aromatic hydroxyl groups is 1. The van der Waals surface area contributed by atoms with Crippen molar-refractivity contribution in [3.05, 3.63) is 29.1 Å². The van der Waals surface area contributed by atoms with Gasteiger partial charge >= 0.3 is 0 Å². The minimum Gasteiger partial charge on any atom is -0.508 e. The molecule has 68 valence electrons. The summed E-state index contributed by atoms with van der Waals surface area (Å²) in [5.74, 6) is -0.397. The predicted octanol–water partition coefficient (Wildman–Crippen LogP) is 1.59. The second kappa shape index (κ2) is 2.83. The molecule has 0 saturated carbocycles. The molecule has 0 aromatic heterocycles. The summed E-state index contributed by atoms with van der Waals surface area (Å²) in [5, 5.41) is 9.37. The highest BCUT2D eigenvalue weighted by atomic mass is 19.1. The summed E-state index contributed by atoms with van der Waals surface area (Å²) in [4.78, 5) is 11.0. The van der Waals surface area contributed by atoms with Crippen LogP contribution in [0.3, 0.4) is 0 Å². The zero-order chi connectivity index (χ0) is 9.42. The molecule has 2 nitrogen and oxygen atoms in total. The van der Waals surface area contributed by atoms with E-state index in [1.54, 1.807) is 0 Å². The molecule has 0 heterocycles. The molecule has 1 N–H and O–H groups in total. The number of ketones is 1. The average molecular weight is 180 g/mol. The number of fused-ring (bicyclic) bond motifs is 1. The highest BCUT2D eigenvalue weighted by molar-refractivity contribution is 5.83. The van der Waals surface area contributed by atoms with Crippen molar-refractivity contribution in [2.75, 3.05) is 0 Å². The van der Waals surface area contributed by atoms with Crippen LogP contribution in [0.1, 0.15) is 17.5 Å². The van der Waals surface area contributed by atoms with Gasteiger partial charge in [0.15, 0.2) is 0 Å². The van der Waals surface area contributed by atoms with Gasteiger partial charge in [0, 0.05) is 18.9 Å². The summed E-state index contributed by atoms with van der Waals surface area (Å²) >= 11 is 0. The number of carbonyl (C=O) groups is 1. The Bertz CT molecular complexity index is 371. The van der Waals surface area contributed by atoms with Gasteiger partial charge in [0.25, 0.3) is 0 Å². The molecule has 1 aliphatic rings. The molecule has 0 amide bonds. The second-order valence-electron chi connectivity index (χ2n) is 3.28. The average Bonchev–Trinajstić information content (AvgIpc) is 2.02. The Morgan fingerprint density at radius 3 is 2.85 bits per heavy atom. The van der Waals surface area contributed by atoms with Crippen molar-refractivity contribution < 1.29 is 14.3 Å². The number of hydrogen-bond acceptors (Lipinski definition) is 2. The second-order valence-corrected chi connectivity index (χ2v) is 3.28. The molecule has 1 aromatic carbocycles. The van der Waals surface area contributed by atoms with Gasteiger partial charge in [-0.05, 0) is 23.6 Å². The molecule has 0 aliphatic heterocycles.